The second kappa shape index (κ2) is 7.66. The molecule has 0 unspecified atom stereocenters. The number of aliphatic hydroxyl groups is 6. The topological polar surface area (TPSA) is 158 Å². The van der Waals surface area contributed by atoms with E-state index in [9.17, 15) is 25.5 Å². The lowest BCUT2D eigenvalue weighted by Crippen LogP contribution is -2.63. The van der Waals surface area contributed by atoms with E-state index in [2.05, 4.69) is 0 Å². The molecule has 10 atom stereocenters. The molecule has 2 saturated heterocycles. The van der Waals surface area contributed by atoms with Crippen molar-refractivity contribution in [3.05, 3.63) is 0 Å². The van der Waals surface area contributed by atoms with Gasteiger partial charge >= 0.3 is 0 Å². The second-order valence-corrected chi connectivity index (χ2v) is 5.72. The minimum atomic E-state index is -1.58. The Morgan fingerprint density at radius 1 is 0.870 bits per heavy atom. The first-order valence-corrected chi connectivity index (χ1v) is 7.32. The van der Waals surface area contributed by atoms with Crippen molar-refractivity contribution in [3.63, 3.8) is 0 Å². The lowest BCUT2D eigenvalue weighted by atomic mass is 9.97. The molecule has 2 aliphatic heterocycles. The standard InChI is InChI=1S/C13H24O10/c1-4-10(11(20-2)9(18)12(19)21-4)23-13-8(17)7(16)6(15)5(3-14)22-13/h4-19H,3H2,1-2H3/t4-,5+,6+,7-,8+,9-,10-,11-,12+,13-/m0/s1. The smallest absolute Gasteiger partial charge is 0.187 e. The monoisotopic (exact) mass is 340 g/mol. The molecule has 6 N–H and O–H groups in total. The quantitative estimate of drug-likeness (QED) is 0.300. The largest absolute Gasteiger partial charge is 0.394 e. The van der Waals surface area contributed by atoms with Crippen LogP contribution in [0.3, 0.4) is 0 Å². The second-order valence-electron chi connectivity index (χ2n) is 5.72. The van der Waals surface area contributed by atoms with Crippen LogP contribution in [0.4, 0.5) is 0 Å². The molecule has 2 fully saturated rings. The molecule has 10 nitrogen and oxygen atoms in total. The average molecular weight is 340 g/mol. The Bertz CT molecular complexity index is 380. The minimum Gasteiger partial charge on any atom is -0.394 e. The third kappa shape index (κ3) is 3.66. The van der Waals surface area contributed by atoms with E-state index in [0.29, 0.717) is 0 Å². The summed E-state index contributed by atoms with van der Waals surface area (Å²) in [6.45, 7) is 0.979. The molecule has 2 heterocycles. The van der Waals surface area contributed by atoms with Gasteiger partial charge in [-0.05, 0) is 6.92 Å². The zero-order valence-corrected chi connectivity index (χ0v) is 12.8. The van der Waals surface area contributed by atoms with E-state index in [1.54, 1.807) is 6.92 Å². The van der Waals surface area contributed by atoms with Gasteiger partial charge in [0, 0.05) is 7.11 Å². The lowest BCUT2D eigenvalue weighted by molar-refractivity contribution is -0.353. The van der Waals surface area contributed by atoms with E-state index < -0.39 is 68.0 Å². The van der Waals surface area contributed by atoms with E-state index >= 15 is 0 Å². The molecule has 0 bridgehead atoms. The first-order chi connectivity index (χ1) is 10.8. The van der Waals surface area contributed by atoms with Gasteiger partial charge in [-0.25, -0.2) is 0 Å². The molecular weight excluding hydrogens is 316 g/mol. The van der Waals surface area contributed by atoms with E-state index in [1.807, 2.05) is 0 Å². The van der Waals surface area contributed by atoms with Crippen LogP contribution in [0.5, 0.6) is 0 Å². The van der Waals surface area contributed by atoms with Gasteiger partial charge in [0.1, 0.15) is 42.7 Å². The molecular formula is C13H24O10. The predicted octanol–water partition coefficient (Wildman–Crippen LogP) is -3.72. The Morgan fingerprint density at radius 3 is 2.09 bits per heavy atom. The molecule has 0 amide bonds. The molecule has 136 valence electrons. The molecule has 0 saturated carbocycles. The maximum absolute atomic E-state index is 9.98. The number of rotatable bonds is 4. The summed E-state index contributed by atoms with van der Waals surface area (Å²) < 4.78 is 21.0. The minimum absolute atomic E-state index is 0.587. The van der Waals surface area contributed by atoms with Gasteiger partial charge in [0.15, 0.2) is 12.6 Å². The number of methoxy groups -OCH3 is 1. The summed E-state index contributed by atoms with van der Waals surface area (Å²) in [4.78, 5) is 0. The highest BCUT2D eigenvalue weighted by Crippen LogP contribution is 2.29. The van der Waals surface area contributed by atoms with E-state index in [-0.39, 0.29) is 0 Å². The Hall–Kier alpha value is -0.400. The zero-order chi connectivity index (χ0) is 17.3. The third-order valence-electron chi connectivity index (χ3n) is 4.18. The predicted molar refractivity (Wildman–Crippen MR) is 72.0 cm³/mol. The van der Waals surface area contributed by atoms with Gasteiger partial charge in [0.2, 0.25) is 0 Å². The van der Waals surface area contributed by atoms with E-state index in [1.165, 1.54) is 7.11 Å². The normalized spacial score (nSPS) is 51.7. The summed E-state index contributed by atoms with van der Waals surface area (Å²) in [5.41, 5.74) is 0. The van der Waals surface area contributed by atoms with Crippen LogP contribution in [0.15, 0.2) is 0 Å². The molecule has 23 heavy (non-hydrogen) atoms. The Kier molecular flexibility index (Phi) is 6.30. The van der Waals surface area contributed by atoms with Crippen LogP contribution >= 0.6 is 0 Å². The van der Waals surface area contributed by atoms with Crippen molar-refractivity contribution in [3.8, 4) is 0 Å². The summed E-state index contributed by atoms with van der Waals surface area (Å²) >= 11 is 0. The summed E-state index contributed by atoms with van der Waals surface area (Å²) in [5, 5.41) is 58.1. The summed E-state index contributed by atoms with van der Waals surface area (Å²) in [6.07, 6.45) is -12.6. The Labute approximate surface area is 132 Å². The highest BCUT2D eigenvalue weighted by atomic mass is 16.7. The fourth-order valence-electron chi connectivity index (χ4n) is 2.80. The van der Waals surface area contributed by atoms with Gasteiger partial charge in [0.05, 0.1) is 12.7 Å². The molecule has 2 aliphatic rings. The van der Waals surface area contributed by atoms with Gasteiger partial charge in [-0.15, -0.1) is 0 Å². The number of aliphatic hydroxyl groups excluding tert-OH is 6. The average Bonchev–Trinajstić information content (AvgIpc) is 2.53. The van der Waals surface area contributed by atoms with Crippen LogP contribution in [-0.4, -0.2) is 106 Å². The highest BCUT2D eigenvalue weighted by Gasteiger charge is 2.49. The van der Waals surface area contributed by atoms with Gasteiger partial charge in [-0.2, -0.15) is 0 Å². The fraction of sp³-hybridized carbons (Fsp3) is 1.00. The van der Waals surface area contributed by atoms with Crippen molar-refractivity contribution in [2.24, 2.45) is 0 Å². The summed E-state index contributed by atoms with van der Waals surface area (Å²) in [5.74, 6) is 0. The Morgan fingerprint density at radius 2 is 1.52 bits per heavy atom. The molecule has 0 aliphatic carbocycles. The molecule has 0 spiro atoms. The van der Waals surface area contributed by atoms with Crippen LogP contribution in [0, 0.1) is 0 Å². The SMILES string of the molecule is CO[C@H]1[C@H](O)[C@H](O)O[C@@H](C)[C@@H]1O[C@@H]1O[C@H](CO)[C@@H](O)[C@H](O)[C@H]1O. The lowest BCUT2D eigenvalue weighted by Gasteiger charge is -2.45. The van der Waals surface area contributed by atoms with Crippen molar-refractivity contribution in [1.29, 1.82) is 0 Å². The van der Waals surface area contributed by atoms with Crippen molar-refractivity contribution in [1.82, 2.24) is 0 Å². The first-order valence-electron chi connectivity index (χ1n) is 7.32. The maximum Gasteiger partial charge on any atom is 0.187 e. The van der Waals surface area contributed by atoms with Crippen LogP contribution < -0.4 is 0 Å². The van der Waals surface area contributed by atoms with Gasteiger partial charge in [-0.3, -0.25) is 0 Å². The van der Waals surface area contributed by atoms with Gasteiger partial charge < -0.3 is 49.6 Å². The summed E-state index contributed by atoms with van der Waals surface area (Å²) in [7, 11) is 1.31. The first kappa shape index (κ1) is 18.9. The van der Waals surface area contributed by atoms with Crippen LogP contribution in [-0.2, 0) is 18.9 Å². The summed E-state index contributed by atoms with van der Waals surface area (Å²) in [6, 6.07) is 0. The maximum atomic E-state index is 9.98. The number of hydrogen-bond acceptors (Lipinski definition) is 10. The highest BCUT2D eigenvalue weighted by molar-refractivity contribution is 4.93. The van der Waals surface area contributed by atoms with Crippen molar-refractivity contribution in [2.45, 2.75) is 68.3 Å². The molecule has 0 aromatic rings. The van der Waals surface area contributed by atoms with Crippen molar-refractivity contribution in [2.75, 3.05) is 13.7 Å². The third-order valence-corrected chi connectivity index (χ3v) is 4.18. The van der Waals surface area contributed by atoms with Crippen molar-refractivity contribution >= 4 is 0 Å². The van der Waals surface area contributed by atoms with Crippen LogP contribution in [0.25, 0.3) is 0 Å². The molecule has 0 aromatic carbocycles. The van der Waals surface area contributed by atoms with Crippen LogP contribution in [0.1, 0.15) is 6.92 Å². The number of ether oxygens (including phenoxy) is 4. The van der Waals surface area contributed by atoms with E-state index in [4.69, 9.17) is 24.1 Å². The van der Waals surface area contributed by atoms with E-state index in [0.717, 1.165) is 0 Å². The fourth-order valence-corrected chi connectivity index (χ4v) is 2.80. The molecule has 0 radical (unpaired) electrons. The van der Waals surface area contributed by atoms with Gasteiger partial charge in [-0.1, -0.05) is 0 Å². The molecule has 2 rings (SSSR count). The number of hydrogen-bond donors (Lipinski definition) is 6. The zero-order valence-electron chi connectivity index (χ0n) is 12.8. The molecule has 0 aromatic heterocycles. The van der Waals surface area contributed by atoms with Crippen LogP contribution in [0.2, 0.25) is 0 Å². The van der Waals surface area contributed by atoms with Gasteiger partial charge in [0.25, 0.3) is 0 Å². The molecule has 10 heteroatoms. The Balaban J connectivity index is 2.12. The van der Waals surface area contributed by atoms with Crippen molar-refractivity contribution < 1.29 is 49.6 Å².